The third-order valence-corrected chi connectivity index (χ3v) is 6.34. The lowest BCUT2D eigenvalue weighted by atomic mass is 9.76. The molecule has 1 atom stereocenters. The highest BCUT2D eigenvalue weighted by atomic mass is 16.4. The Morgan fingerprint density at radius 1 is 1.22 bits per heavy atom. The molecule has 2 amide bonds. The molecule has 0 unspecified atom stereocenters. The van der Waals surface area contributed by atoms with Gasteiger partial charge in [-0.1, -0.05) is 0 Å². The second-order valence-corrected chi connectivity index (χ2v) is 8.39. The number of carboxylic acid groups (broad SMARTS) is 1. The number of carbonyl (C=O) groups is 3. The largest absolute Gasteiger partial charge is 0.480 e. The zero-order valence-electron chi connectivity index (χ0n) is 15.8. The van der Waals surface area contributed by atoms with Gasteiger partial charge in [-0.2, -0.15) is 5.10 Å². The monoisotopic (exact) mass is 374 g/mol. The SMILES string of the molecule is Cc1cc(C(=O)N2CCC3(CC2)C[C@@H](C(=O)O)N(C(=O)C2CC2)C3)n(C)n1. The molecule has 146 valence electrons. The Labute approximate surface area is 158 Å². The number of carboxylic acids is 1. The lowest BCUT2D eigenvalue weighted by Gasteiger charge is -2.39. The van der Waals surface area contributed by atoms with E-state index < -0.39 is 12.0 Å². The molecular weight excluding hydrogens is 348 g/mol. The molecule has 1 aromatic rings. The fourth-order valence-corrected chi connectivity index (χ4v) is 4.59. The summed E-state index contributed by atoms with van der Waals surface area (Å²) >= 11 is 0. The molecule has 0 radical (unpaired) electrons. The van der Waals surface area contributed by atoms with Gasteiger partial charge in [-0.15, -0.1) is 0 Å². The standard InChI is InChI=1S/C19H26N4O4/c1-12-9-14(21(2)20-12)17(25)22-7-5-19(6-8-22)10-15(18(26)27)23(11-19)16(24)13-3-4-13/h9,13,15H,3-8,10-11H2,1-2H3,(H,26,27)/t15-/m0/s1. The smallest absolute Gasteiger partial charge is 0.326 e. The highest BCUT2D eigenvalue weighted by Gasteiger charge is 2.52. The molecule has 1 N–H and O–H groups in total. The van der Waals surface area contributed by atoms with Crippen molar-refractivity contribution in [2.24, 2.45) is 18.4 Å². The van der Waals surface area contributed by atoms with Crippen molar-refractivity contribution in [1.82, 2.24) is 19.6 Å². The fraction of sp³-hybridized carbons (Fsp3) is 0.684. The zero-order valence-corrected chi connectivity index (χ0v) is 15.8. The first kappa shape index (κ1) is 18.0. The van der Waals surface area contributed by atoms with Crippen LogP contribution in [0.25, 0.3) is 0 Å². The predicted molar refractivity (Wildman–Crippen MR) is 96.0 cm³/mol. The van der Waals surface area contributed by atoms with Crippen LogP contribution in [0, 0.1) is 18.3 Å². The van der Waals surface area contributed by atoms with Gasteiger partial charge in [0.1, 0.15) is 11.7 Å². The molecule has 2 aliphatic heterocycles. The molecule has 1 saturated carbocycles. The van der Waals surface area contributed by atoms with Gasteiger partial charge in [0.15, 0.2) is 0 Å². The van der Waals surface area contributed by atoms with Crippen molar-refractivity contribution in [3.8, 4) is 0 Å². The minimum atomic E-state index is -0.912. The second kappa shape index (κ2) is 6.35. The van der Waals surface area contributed by atoms with Gasteiger partial charge in [0.2, 0.25) is 5.91 Å². The third-order valence-electron chi connectivity index (χ3n) is 6.34. The van der Waals surface area contributed by atoms with E-state index in [0.717, 1.165) is 31.4 Å². The second-order valence-electron chi connectivity index (χ2n) is 8.39. The molecular formula is C19H26N4O4. The number of hydrogen-bond acceptors (Lipinski definition) is 4. The Morgan fingerprint density at radius 2 is 1.89 bits per heavy atom. The zero-order chi connectivity index (χ0) is 19.3. The van der Waals surface area contributed by atoms with Crippen molar-refractivity contribution >= 4 is 17.8 Å². The molecule has 3 heterocycles. The van der Waals surface area contributed by atoms with Gasteiger partial charge >= 0.3 is 5.97 Å². The average Bonchev–Trinajstić information content (AvgIpc) is 3.33. The highest BCUT2D eigenvalue weighted by Crippen LogP contribution is 2.45. The van der Waals surface area contributed by atoms with E-state index in [4.69, 9.17) is 0 Å². The molecule has 8 nitrogen and oxygen atoms in total. The number of aryl methyl sites for hydroxylation is 2. The van der Waals surface area contributed by atoms with E-state index in [1.54, 1.807) is 22.7 Å². The van der Waals surface area contributed by atoms with Crippen molar-refractivity contribution in [2.75, 3.05) is 19.6 Å². The van der Waals surface area contributed by atoms with Gasteiger partial charge in [0.05, 0.1) is 5.69 Å². The maximum atomic E-state index is 12.8. The number of likely N-dealkylation sites (tertiary alicyclic amines) is 2. The van der Waals surface area contributed by atoms with Crippen LogP contribution in [0.5, 0.6) is 0 Å². The molecule has 0 bridgehead atoms. The summed E-state index contributed by atoms with van der Waals surface area (Å²) < 4.78 is 1.61. The van der Waals surface area contributed by atoms with E-state index in [1.165, 1.54) is 0 Å². The topological polar surface area (TPSA) is 95.7 Å². The lowest BCUT2D eigenvalue weighted by molar-refractivity contribution is -0.148. The van der Waals surface area contributed by atoms with Gasteiger partial charge in [0, 0.05) is 32.6 Å². The normalized spacial score (nSPS) is 24.4. The van der Waals surface area contributed by atoms with E-state index in [0.29, 0.717) is 31.7 Å². The molecule has 0 aromatic carbocycles. The van der Waals surface area contributed by atoms with E-state index in [1.807, 2.05) is 11.8 Å². The number of hydrogen-bond donors (Lipinski definition) is 1. The number of carbonyl (C=O) groups excluding carboxylic acids is 2. The highest BCUT2D eigenvalue weighted by molar-refractivity contribution is 5.92. The van der Waals surface area contributed by atoms with Gasteiger partial charge in [-0.25, -0.2) is 4.79 Å². The van der Waals surface area contributed by atoms with Crippen molar-refractivity contribution in [1.29, 1.82) is 0 Å². The van der Waals surface area contributed by atoms with Crippen LogP contribution in [0.15, 0.2) is 6.07 Å². The van der Waals surface area contributed by atoms with E-state index in [2.05, 4.69) is 5.10 Å². The maximum absolute atomic E-state index is 12.8. The van der Waals surface area contributed by atoms with Crippen LogP contribution in [-0.4, -0.2) is 68.1 Å². The summed E-state index contributed by atoms with van der Waals surface area (Å²) in [4.78, 5) is 40.5. The molecule has 4 rings (SSSR count). The Balaban J connectivity index is 1.45. The fourth-order valence-electron chi connectivity index (χ4n) is 4.59. The van der Waals surface area contributed by atoms with Crippen LogP contribution in [0.2, 0.25) is 0 Å². The van der Waals surface area contributed by atoms with E-state index in [9.17, 15) is 19.5 Å². The minimum Gasteiger partial charge on any atom is -0.480 e. The molecule has 2 saturated heterocycles. The Hall–Kier alpha value is -2.38. The number of piperidine rings is 1. The first-order chi connectivity index (χ1) is 12.8. The van der Waals surface area contributed by atoms with E-state index in [-0.39, 0.29) is 23.1 Å². The van der Waals surface area contributed by atoms with Crippen LogP contribution in [0.4, 0.5) is 0 Å². The average molecular weight is 374 g/mol. The molecule has 1 aliphatic carbocycles. The van der Waals surface area contributed by atoms with Gasteiger partial charge in [-0.3, -0.25) is 14.3 Å². The quantitative estimate of drug-likeness (QED) is 0.853. The van der Waals surface area contributed by atoms with Crippen molar-refractivity contribution in [2.45, 2.75) is 45.1 Å². The van der Waals surface area contributed by atoms with Crippen molar-refractivity contribution in [3.63, 3.8) is 0 Å². The van der Waals surface area contributed by atoms with Crippen LogP contribution in [0.1, 0.15) is 48.3 Å². The van der Waals surface area contributed by atoms with Gasteiger partial charge in [0.25, 0.3) is 5.91 Å². The summed E-state index contributed by atoms with van der Waals surface area (Å²) in [7, 11) is 1.77. The molecule has 8 heteroatoms. The van der Waals surface area contributed by atoms with Crippen LogP contribution in [-0.2, 0) is 16.6 Å². The van der Waals surface area contributed by atoms with Crippen LogP contribution in [0.3, 0.4) is 0 Å². The van der Waals surface area contributed by atoms with Crippen LogP contribution < -0.4 is 0 Å². The van der Waals surface area contributed by atoms with Crippen LogP contribution >= 0.6 is 0 Å². The Morgan fingerprint density at radius 3 is 2.41 bits per heavy atom. The van der Waals surface area contributed by atoms with Gasteiger partial charge < -0.3 is 14.9 Å². The first-order valence-corrected chi connectivity index (χ1v) is 9.63. The number of rotatable bonds is 3. The van der Waals surface area contributed by atoms with E-state index >= 15 is 0 Å². The Kier molecular flexibility index (Phi) is 4.24. The molecule has 27 heavy (non-hydrogen) atoms. The summed E-state index contributed by atoms with van der Waals surface area (Å²) in [5.41, 5.74) is 1.19. The Bertz CT molecular complexity index is 790. The summed E-state index contributed by atoms with van der Waals surface area (Å²) in [6.07, 6.45) is 3.71. The summed E-state index contributed by atoms with van der Waals surface area (Å²) in [5, 5.41) is 13.8. The van der Waals surface area contributed by atoms with Gasteiger partial charge in [-0.05, 0) is 50.5 Å². The summed E-state index contributed by atoms with van der Waals surface area (Å²) in [5.74, 6) is -0.920. The summed E-state index contributed by atoms with van der Waals surface area (Å²) in [6.45, 7) is 3.53. The van der Waals surface area contributed by atoms with Crippen molar-refractivity contribution in [3.05, 3.63) is 17.5 Å². The molecule has 3 aliphatic rings. The minimum absolute atomic E-state index is 0.00291. The number of aromatic nitrogens is 2. The van der Waals surface area contributed by atoms with Crippen molar-refractivity contribution < 1.29 is 19.5 Å². The lowest BCUT2D eigenvalue weighted by Crippen LogP contribution is -2.45. The maximum Gasteiger partial charge on any atom is 0.326 e. The number of nitrogens with zero attached hydrogens (tertiary/aromatic N) is 4. The predicted octanol–water partition coefficient (Wildman–Crippen LogP) is 1.05. The molecule has 3 fully saturated rings. The third kappa shape index (κ3) is 3.21. The number of aliphatic carboxylic acids is 1. The number of amides is 2. The summed E-state index contributed by atoms with van der Waals surface area (Å²) in [6, 6.07) is 1.07. The molecule has 1 spiro atoms. The molecule has 1 aromatic heterocycles. The first-order valence-electron chi connectivity index (χ1n) is 9.63.